The predicted molar refractivity (Wildman–Crippen MR) is 41.4 cm³/mol. The lowest BCUT2D eigenvalue weighted by Gasteiger charge is -2.24. The fourth-order valence-corrected chi connectivity index (χ4v) is 1.15. The highest BCUT2D eigenvalue weighted by molar-refractivity contribution is 4.61. The Morgan fingerprint density at radius 3 is 2.91 bits per heavy atom. The lowest BCUT2D eigenvalue weighted by Crippen LogP contribution is -2.29. The van der Waals surface area contributed by atoms with Gasteiger partial charge in [0.2, 0.25) is 0 Å². The van der Waals surface area contributed by atoms with E-state index in [2.05, 4.69) is 0 Å². The largest absolute Gasteiger partial charge is 0.379 e. The molecule has 1 saturated heterocycles. The van der Waals surface area contributed by atoms with Gasteiger partial charge in [-0.3, -0.25) is 0 Å². The van der Waals surface area contributed by atoms with Crippen LogP contribution in [0.3, 0.4) is 0 Å². The van der Waals surface area contributed by atoms with Gasteiger partial charge in [0, 0.05) is 13.7 Å². The molecule has 0 aromatic carbocycles. The Labute approximate surface area is 67.6 Å². The molecule has 0 aromatic rings. The zero-order valence-corrected chi connectivity index (χ0v) is 7.21. The van der Waals surface area contributed by atoms with E-state index in [4.69, 9.17) is 14.2 Å². The lowest BCUT2D eigenvalue weighted by atomic mass is 10.2. The maximum Gasteiger partial charge on any atom is 0.154 e. The maximum absolute atomic E-state index is 5.49. The molecule has 0 aliphatic carbocycles. The molecule has 1 heterocycles. The minimum atomic E-state index is -0.110. The molecule has 11 heavy (non-hydrogen) atoms. The summed E-state index contributed by atoms with van der Waals surface area (Å²) in [4.78, 5) is 0. The second-order valence-corrected chi connectivity index (χ2v) is 2.78. The quantitative estimate of drug-likeness (QED) is 0.580. The zero-order chi connectivity index (χ0) is 8.10. The molecule has 2 atom stereocenters. The summed E-state index contributed by atoms with van der Waals surface area (Å²) < 4.78 is 15.7. The van der Waals surface area contributed by atoms with Gasteiger partial charge in [-0.2, -0.15) is 0 Å². The third-order valence-corrected chi connectivity index (χ3v) is 1.83. The average molecular weight is 160 g/mol. The first-order valence-electron chi connectivity index (χ1n) is 4.09. The van der Waals surface area contributed by atoms with Crippen LogP contribution in [0.4, 0.5) is 0 Å². The van der Waals surface area contributed by atoms with Crippen molar-refractivity contribution in [3.8, 4) is 0 Å². The van der Waals surface area contributed by atoms with Crippen molar-refractivity contribution in [2.75, 3.05) is 20.3 Å². The van der Waals surface area contributed by atoms with Gasteiger partial charge in [-0.05, 0) is 19.8 Å². The topological polar surface area (TPSA) is 27.7 Å². The van der Waals surface area contributed by atoms with Gasteiger partial charge in [0.25, 0.3) is 0 Å². The Bertz CT molecular complexity index is 99.5. The fraction of sp³-hybridized carbons (Fsp3) is 1.00. The van der Waals surface area contributed by atoms with E-state index in [1.165, 1.54) is 0 Å². The van der Waals surface area contributed by atoms with E-state index >= 15 is 0 Å². The molecule has 0 amide bonds. The van der Waals surface area contributed by atoms with Crippen LogP contribution in [0.5, 0.6) is 0 Å². The highest BCUT2D eigenvalue weighted by Gasteiger charge is 2.16. The third-order valence-electron chi connectivity index (χ3n) is 1.83. The summed E-state index contributed by atoms with van der Waals surface area (Å²) in [6.45, 7) is 3.49. The zero-order valence-electron chi connectivity index (χ0n) is 7.21. The minimum Gasteiger partial charge on any atom is -0.379 e. The summed E-state index contributed by atoms with van der Waals surface area (Å²) in [7, 11) is 1.65. The van der Waals surface area contributed by atoms with Gasteiger partial charge in [-0.25, -0.2) is 0 Å². The van der Waals surface area contributed by atoms with E-state index in [1.54, 1.807) is 7.11 Å². The molecular formula is C8H16O3. The summed E-state index contributed by atoms with van der Waals surface area (Å²) in [6, 6.07) is 0. The summed E-state index contributed by atoms with van der Waals surface area (Å²) in [5.74, 6) is 0. The van der Waals surface area contributed by atoms with Crippen LogP contribution in [0.15, 0.2) is 0 Å². The predicted octanol–water partition coefficient (Wildman–Crippen LogP) is 1.17. The first-order valence-corrected chi connectivity index (χ1v) is 4.09. The molecule has 0 saturated carbocycles. The van der Waals surface area contributed by atoms with Gasteiger partial charge in [0.05, 0.1) is 12.7 Å². The third kappa shape index (κ3) is 3.18. The van der Waals surface area contributed by atoms with E-state index in [1.807, 2.05) is 6.92 Å². The monoisotopic (exact) mass is 160 g/mol. The molecule has 2 unspecified atom stereocenters. The van der Waals surface area contributed by atoms with E-state index in [0.717, 1.165) is 19.4 Å². The van der Waals surface area contributed by atoms with Gasteiger partial charge in [-0.1, -0.05) is 0 Å². The maximum atomic E-state index is 5.49. The molecule has 0 N–H and O–H groups in total. The molecule has 0 bridgehead atoms. The van der Waals surface area contributed by atoms with E-state index < -0.39 is 0 Å². The summed E-state index contributed by atoms with van der Waals surface area (Å²) in [5, 5.41) is 0. The van der Waals surface area contributed by atoms with Gasteiger partial charge >= 0.3 is 0 Å². The van der Waals surface area contributed by atoms with Crippen LogP contribution < -0.4 is 0 Å². The molecule has 1 aliphatic heterocycles. The Morgan fingerprint density at radius 1 is 1.55 bits per heavy atom. The van der Waals surface area contributed by atoms with Crippen molar-refractivity contribution in [3.63, 3.8) is 0 Å². The van der Waals surface area contributed by atoms with Crippen molar-refractivity contribution in [3.05, 3.63) is 0 Å². The lowest BCUT2D eigenvalue weighted by molar-refractivity contribution is -0.170. The van der Waals surface area contributed by atoms with Crippen LogP contribution in [0.2, 0.25) is 0 Å². The summed E-state index contributed by atoms with van der Waals surface area (Å²) >= 11 is 0. The minimum absolute atomic E-state index is 0.110. The molecule has 3 nitrogen and oxygen atoms in total. The smallest absolute Gasteiger partial charge is 0.154 e. The summed E-state index contributed by atoms with van der Waals surface area (Å²) in [5.41, 5.74) is 0. The number of rotatable bonds is 3. The number of hydrogen-bond donors (Lipinski definition) is 0. The Kier molecular flexibility index (Phi) is 3.83. The van der Waals surface area contributed by atoms with Gasteiger partial charge in [0.15, 0.2) is 6.29 Å². The molecule has 1 fully saturated rings. The van der Waals surface area contributed by atoms with Gasteiger partial charge in [-0.15, -0.1) is 0 Å². The first kappa shape index (κ1) is 8.97. The fourth-order valence-electron chi connectivity index (χ4n) is 1.15. The van der Waals surface area contributed by atoms with Crippen LogP contribution in [0.25, 0.3) is 0 Å². The molecule has 66 valence electrons. The van der Waals surface area contributed by atoms with Crippen LogP contribution in [-0.2, 0) is 14.2 Å². The highest BCUT2D eigenvalue weighted by Crippen LogP contribution is 2.11. The van der Waals surface area contributed by atoms with Crippen molar-refractivity contribution in [2.24, 2.45) is 0 Å². The summed E-state index contributed by atoms with van der Waals surface area (Å²) in [6.07, 6.45) is 2.31. The normalized spacial score (nSPS) is 28.4. The molecule has 0 spiro atoms. The van der Waals surface area contributed by atoms with Gasteiger partial charge in [0.1, 0.15) is 0 Å². The average Bonchev–Trinajstić information content (AvgIpc) is 2.06. The van der Waals surface area contributed by atoms with Crippen LogP contribution in [-0.4, -0.2) is 32.7 Å². The number of hydrogen-bond acceptors (Lipinski definition) is 3. The van der Waals surface area contributed by atoms with Crippen molar-refractivity contribution in [1.29, 1.82) is 0 Å². The highest BCUT2D eigenvalue weighted by atomic mass is 16.7. The van der Waals surface area contributed by atoms with E-state index in [-0.39, 0.29) is 12.4 Å². The van der Waals surface area contributed by atoms with Gasteiger partial charge < -0.3 is 14.2 Å². The molecule has 1 aliphatic rings. The molecular weight excluding hydrogens is 144 g/mol. The second kappa shape index (κ2) is 4.70. The second-order valence-electron chi connectivity index (χ2n) is 2.78. The number of methoxy groups -OCH3 is 1. The van der Waals surface area contributed by atoms with Crippen molar-refractivity contribution in [2.45, 2.75) is 32.2 Å². The Hall–Kier alpha value is -0.120. The van der Waals surface area contributed by atoms with Crippen molar-refractivity contribution >= 4 is 0 Å². The molecule has 0 aromatic heterocycles. The number of ether oxygens (including phenoxy) is 3. The SMILES string of the molecule is COC(C)OC1CCCOC1. The first-order chi connectivity index (χ1) is 5.33. The van der Waals surface area contributed by atoms with E-state index in [0.29, 0.717) is 6.61 Å². The molecule has 3 heteroatoms. The Morgan fingerprint density at radius 2 is 2.36 bits per heavy atom. The van der Waals surface area contributed by atoms with Crippen LogP contribution in [0.1, 0.15) is 19.8 Å². The van der Waals surface area contributed by atoms with E-state index in [9.17, 15) is 0 Å². The Balaban J connectivity index is 2.13. The van der Waals surface area contributed by atoms with Crippen molar-refractivity contribution in [1.82, 2.24) is 0 Å². The molecule has 0 radical (unpaired) electrons. The van der Waals surface area contributed by atoms with Crippen LogP contribution >= 0.6 is 0 Å². The molecule has 1 rings (SSSR count). The van der Waals surface area contributed by atoms with Crippen LogP contribution in [0, 0.1) is 0 Å². The van der Waals surface area contributed by atoms with Crippen molar-refractivity contribution < 1.29 is 14.2 Å². The standard InChI is InChI=1S/C8H16O3/c1-7(9-2)11-8-4-3-5-10-6-8/h7-8H,3-6H2,1-2H3.